The first-order valence-electron chi connectivity index (χ1n) is 6.39. The fourth-order valence-electron chi connectivity index (χ4n) is 2.28. The molecule has 4 heteroatoms. The standard InChI is InChI=1S/C15H15N3O/c19-14(12-8-16-11-17-9-12)18-10-15(6-7-15)13-4-2-1-3-5-13/h1-5,8-9,11H,6-7,10H2,(H,18,19). The first-order valence-corrected chi connectivity index (χ1v) is 6.39. The molecule has 19 heavy (non-hydrogen) atoms. The van der Waals surface area contributed by atoms with Crippen molar-refractivity contribution in [2.75, 3.05) is 6.54 Å². The Balaban J connectivity index is 1.66. The first-order chi connectivity index (χ1) is 9.30. The lowest BCUT2D eigenvalue weighted by atomic mass is 9.96. The molecule has 1 fully saturated rings. The maximum absolute atomic E-state index is 12.0. The van der Waals surface area contributed by atoms with Gasteiger partial charge in [0.2, 0.25) is 0 Å². The van der Waals surface area contributed by atoms with Crippen molar-refractivity contribution in [3.8, 4) is 0 Å². The third-order valence-corrected chi connectivity index (χ3v) is 3.65. The van der Waals surface area contributed by atoms with Crippen molar-refractivity contribution in [1.29, 1.82) is 0 Å². The molecule has 0 atom stereocenters. The number of nitrogens with one attached hydrogen (secondary N) is 1. The summed E-state index contributed by atoms with van der Waals surface area (Å²) in [6.45, 7) is 0.671. The summed E-state index contributed by atoms with van der Waals surface area (Å²) >= 11 is 0. The van der Waals surface area contributed by atoms with Crippen LogP contribution in [0.15, 0.2) is 49.1 Å². The van der Waals surface area contributed by atoms with Crippen molar-refractivity contribution in [3.63, 3.8) is 0 Å². The van der Waals surface area contributed by atoms with Crippen molar-refractivity contribution in [2.45, 2.75) is 18.3 Å². The van der Waals surface area contributed by atoms with E-state index in [1.165, 1.54) is 24.3 Å². The highest BCUT2D eigenvalue weighted by Gasteiger charge is 2.44. The van der Waals surface area contributed by atoms with E-state index in [1.807, 2.05) is 18.2 Å². The van der Waals surface area contributed by atoms with Crippen LogP contribution in [0.5, 0.6) is 0 Å². The van der Waals surface area contributed by atoms with Gasteiger partial charge in [0.15, 0.2) is 0 Å². The van der Waals surface area contributed by atoms with Gasteiger partial charge >= 0.3 is 0 Å². The number of nitrogens with zero attached hydrogens (tertiary/aromatic N) is 2. The Morgan fingerprint density at radius 1 is 1.16 bits per heavy atom. The molecule has 4 nitrogen and oxygen atoms in total. The summed E-state index contributed by atoms with van der Waals surface area (Å²) in [5.74, 6) is -0.109. The van der Waals surface area contributed by atoms with E-state index in [4.69, 9.17) is 0 Å². The van der Waals surface area contributed by atoms with E-state index in [9.17, 15) is 4.79 Å². The van der Waals surface area contributed by atoms with Crippen LogP contribution in [0.1, 0.15) is 28.8 Å². The quantitative estimate of drug-likeness (QED) is 0.906. The van der Waals surface area contributed by atoms with Gasteiger partial charge in [-0.15, -0.1) is 0 Å². The number of carbonyl (C=O) groups is 1. The SMILES string of the molecule is O=C(NCC1(c2ccccc2)CC1)c1cncnc1. The molecule has 1 heterocycles. The fourth-order valence-corrected chi connectivity index (χ4v) is 2.28. The predicted molar refractivity (Wildman–Crippen MR) is 71.7 cm³/mol. The molecule has 3 rings (SSSR count). The number of hydrogen-bond acceptors (Lipinski definition) is 3. The largest absolute Gasteiger partial charge is 0.351 e. The molecular formula is C15H15N3O. The Bertz CT molecular complexity index is 564. The zero-order chi connectivity index (χ0) is 13.1. The summed E-state index contributed by atoms with van der Waals surface area (Å²) in [6.07, 6.45) is 6.74. The molecule has 1 aliphatic rings. The maximum Gasteiger partial charge on any atom is 0.254 e. The second-order valence-electron chi connectivity index (χ2n) is 4.96. The minimum absolute atomic E-state index is 0.109. The summed E-state index contributed by atoms with van der Waals surface area (Å²) in [5, 5.41) is 2.98. The molecule has 1 amide bonds. The predicted octanol–water partition coefficient (Wildman–Crippen LogP) is 1.94. The molecule has 0 aliphatic heterocycles. The van der Waals surface area contributed by atoms with Crippen LogP contribution in [-0.2, 0) is 5.41 Å². The highest BCUT2D eigenvalue weighted by molar-refractivity contribution is 5.93. The van der Waals surface area contributed by atoms with Gasteiger partial charge in [0.25, 0.3) is 5.91 Å². The highest BCUT2D eigenvalue weighted by atomic mass is 16.1. The lowest BCUT2D eigenvalue weighted by Gasteiger charge is -2.16. The third kappa shape index (κ3) is 2.47. The van der Waals surface area contributed by atoms with Gasteiger partial charge in [0.1, 0.15) is 6.33 Å². The molecule has 0 unspecified atom stereocenters. The van der Waals surface area contributed by atoms with Crippen LogP contribution in [0.2, 0.25) is 0 Å². The minimum Gasteiger partial charge on any atom is -0.351 e. The Kier molecular flexibility index (Phi) is 2.99. The minimum atomic E-state index is -0.109. The van der Waals surface area contributed by atoms with Crippen molar-refractivity contribution < 1.29 is 4.79 Å². The number of benzene rings is 1. The van der Waals surface area contributed by atoms with Crippen LogP contribution in [-0.4, -0.2) is 22.4 Å². The Labute approximate surface area is 111 Å². The van der Waals surface area contributed by atoms with Crippen LogP contribution in [0.3, 0.4) is 0 Å². The number of hydrogen-bond donors (Lipinski definition) is 1. The van der Waals surface area contributed by atoms with E-state index in [0.717, 1.165) is 12.8 Å². The first kappa shape index (κ1) is 11.8. The molecule has 0 bridgehead atoms. The molecule has 1 aromatic heterocycles. The van der Waals surface area contributed by atoms with Gasteiger partial charge in [-0.3, -0.25) is 4.79 Å². The normalized spacial score (nSPS) is 15.8. The van der Waals surface area contributed by atoms with E-state index in [0.29, 0.717) is 12.1 Å². The second-order valence-corrected chi connectivity index (χ2v) is 4.96. The lowest BCUT2D eigenvalue weighted by molar-refractivity contribution is 0.0949. The summed E-state index contributed by atoms with van der Waals surface area (Å²) in [4.78, 5) is 19.7. The Morgan fingerprint density at radius 3 is 2.47 bits per heavy atom. The van der Waals surface area contributed by atoms with Crippen molar-refractivity contribution in [2.24, 2.45) is 0 Å². The van der Waals surface area contributed by atoms with Gasteiger partial charge in [0.05, 0.1) is 5.56 Å². The number of carbonyl (C=O) groups excluding carboxylic acids is 1. The molecule has 1 aliphatic carbocycles. The Morgan fingerprint density at radius 2 is 1.84 bits per heavy atom. The van der Waals surface area contributed by atoms with Crippen LogP contribution < -0.4 is 5.32 Å². The highest BCUT2D eigenvalue weighted by Crippen LogP contribution is 2.47. The Hall–Kier alpha value is -2.23. The zero-order valence-corrected chi connectivity index (χ0v) is 10.5. The summed E-state index contributed by atoms with van der Waals surface area (Å²) in [6, 6.07) is 10.4. The van der Waals surface area contributed by atoms with Crippen LogP contribution in [0.25, 0.3) is 0 Å². The van der Waals surface area contributed by atoms with Gasteiger partial charge in [0, 0.05) is 24.4 Å². The average molecular weight is 253 g/mol. The summed E-state index contributed by atoms with van der Waals surface area (Å²) < 4.78 is 0. The molecule has 0 spiro atoms. The number of aromatic nitrogens is 2. The molecule has 0 saturated heterocycles. The smallest absolute Gasteiger partial charge is 0.254 e. The molecule has 2 aromatic rings. The monoisotopic (exact) mass is 253 g/mol. The second kappa shape index (κ2) is 4.80. The van der Waals surface area contributed by atoms with Crippen molar-refractivity contribution in [3.05, 3.63) is 60.2 Å². The van der Waals surface area contributed by atoms with Gasteiger partial charge < -0.3 is 5.32 Å². The number of amides is 1. The lowest BCUT2D eigenvalue weighted by Crippen LogP contribution is -2.32. The van der Waals surface area contributed by atoms with Gasteiger partial charge in [-0.25, -0.2) is 9.97 Å². The van der Waals surface area contributed by atoms with Crippen LogP contribution >= 0.6 is 0 Å². The maximum atomic E-state index is 12.0. The molecule has 96 valence electrons. The summed E-state index contributed by atoms with van der Waals surface area (Å²) in [5.41, 5.74) is 1.94. The zero-order valence-electron chi connectivity index (χ0n) is 10.5. The topological polar surface area (TPSA) is 54.9 Å². The van der Waals surface area contributed by atoms with E-state index >= 15 is 0 Å². The third-order valence-electron chi connectivity index (χ3n) is 3.65. The summed E-state index contributed by atoms with van der Waals surface area (Å²) in [7, 11) is 0. The molecule has 1 N–H and O–H groups in total. The van der Waals surface area contributed by atoms with E-state index in [1.54, 1.807) is 0 Å². The van der Waals surface area contributed by atoms with Gasteiger partial charge in [-0.2, -0.15) is 0 Å². The van der Waals surface area contributed by atoms with Gasteiger partial charge in [-0.05, 0) is 18.4 Å². The fraction of sp³-hybridized carbons (Fsp3) is 0.267. The van der Waals surface area contributed by atoms with Crippen LogP contribution in [0.4, 0.5) is 0 Å². The molecular weight excluding hydrogens is 238 g/mol. The average Bonchev–Trinajstić information content (AvgIpc) is 3.28. The van der Waals surface area contributed by atoms with Gasteiger partial charge in [-0.1, -0.05) is 30.3 Å². The van der Waals surface area contributed by atoms with Crippen molar-refractivity contribution in [1.82, 2.24) is 15.3 Å². The van der Waals surface area contributed by atoms with Crippen LogP contribution in [0, 0.1) is 0 Å². The van der Waals surface area contributed by atoms with E-state index < -0.39 is 0 Å². The number of rotatable bonds is 4. The molecule has 1 aromatic carbocycles. The van der Waals surface area contributed by atoms with E-state index in [2.05, 4.69) is 27.4 Å². The molecule has 0 radical (unpaired) electrons. The molecule has 1 saturated carbocycles. The van der Waals surface area contributed by atoms with Crippen molar-refractivity contribution >= 4 is 5.91 Å². The van der Waals surface area contributed by atoms with E-state index in [-0.39, 0.29) is 11.3 Å².